The summed E-state index contributed by atoms with van der Waals surface area (Å²) in [5.41, 5.74) is 15.0. The Morgan fingerprint density at radius 2 is 0.938 bits per heavy atom. The van der Waals surface area contributed by atoms with Gasteiger partial charge in [0.15, 0.2) is 11.4 Å². The van der Waals surface area contributed by atoms with E-state index >= 15 is 0 Å². The number of nitrogens with one attached hydrogen (secondary N) is 3. The van der Waals surface area contributed by atoms with Gasteiger partial charge in [0.05, 0.1) is 38.5 Å². The molecule has 1 aromatic carbocycles. The molecule has 0 aliphatic carbocycles. The lowest BCUT2D eigenvalue weighted by Gasteiger charge is -2.34. The molecular weight excluding hydrogens is 1940 g/mol. The molecule has 15 heterocycles. The van der Waals surface area contributed by atoms with E-state index in [4.69, 9.17) is 10.5 Å². The Labute approximate surface area is 856 Å². The van der Waals surface area contributed by atoms with E-state index in [1.54, 1.807) is 88.2 Å². The van der Waals surface area contributed by atoms with Crippen LogP contribution in [0.2, 0.25) is 0 Å². The number of ether oxygens (including phenoxy) is 1. The normalized spacial score (nSPS) is 14.3. The fraction of sp³-hybridized carbons (Fsp3) is 0.529. The van der Waals surface area contributed by atoms with Crippen molar-refractivity contribution < 1.29 is 63.4 Å². The molecule has 43 heteroatoms. The number of thiazole rings is 1. The van der Waals surface area contributed by atoms with E-state index in [1.165, 1.54) is 62.8 Å². The monoisotopic (exact) mass is 2080 g/mol. The average molecular weight is 2080 g/mol. The van der Waals surface area contributed by atoms with Crippen molar-refractivity contribution >= 4 is 93.1 Å². The minimum Gasteiger partial charge on any atom is -0.378 e. The number of halogens is 9. The molecule has 5 aliphatic heterocycles. The molecule has 0 saturated carbocycles. The number of carbonyl (C=O) groups excluding carboxylic acids is 4. The second kappa shape index (κ2) is 55.3. The number of primary amides is 1. The Balaban J connectivity index is 0.000000200. The van der Waals surface area contributed by atoms with Crippen LogP contribution < -0.4 is 46.2 Å². The van der Waals surface area contributed by atoms with Gasteiger partial charge in [0.1, 0.15) is 33.3 Å². The van der Waals surface area contributed by atoms with Gasteiger partial charge < -0.3 is 55.8 Å². The van der Waals surface area contributed by atoms with Gasteiger partial charge in [0.25, 0.3) is 0 Å². The number of carbonyl (C=O) groups is 4. The number of piperazine rings is 3. The summed E-state index contributed by atoms with van der Waals surface area (Å²) in [5, 5.41) is 17.5. The maximum Gasteiger partial charge on any atom is 0.445 e. The third-order valence-electron chi connectivity index (χ3n) is 23.0. The molecule has 145 heavy (non-hydrogen) atoms. The van der Waals surface area contributed by atoms with Crippen LogP contribution in [0.25, 0.3) is 21.0 Å². The van der Waals surface area contributed by atoms with Gasteiger partial charge in [0.2, 0.25) is 52.4 Å². The maximum atomic E-state index is 13.2. The quantitative estimate of drug-likeness (QED) is 0.0546. The molecule has 4 amide bonds. The largest absolute Gasteiger partial charge is 0.445 e. The van der Waals surface area contributed by atoms with Crippen molar-refractivity contribution in [1.82, 2.24) is 95.5 Å². The predicted molar refractivity (Wildman–Crippen MR) is 555 cm³/mol. The molecule has 788 valence electrons. The van der Waals surface area contributed by atoms with E-state index in [0.29, 0.717) is 122 Å². The first-order valence-electron chi connectivity index (χ1n) is 48.6. The van der Waals surface area contributed by atoms with E-state index in [-0.39, 0.29) is 71.6 Å². The van der Waals surface area contributed by atoms with Crippen molar-refractivity contribution in [1.29, 1.82) is 0 Å². The number of anilines is 6. The van der Waals surface area contributed by atoms with E-state index in [2.05, 4.69) is 237 Å². The number of hydrogen-bond donors (Lipinski definition) is 4. The third-order valence-corrected chi connectivity index (χ3v) is 26.6. The van der Waals surface area contributed by atoms with Gasteiger partial charge in [-0.2, -0.15) is 39.5 Å². The summed E-state index contributed by atoms with van der Waals surface area (Å²) >= 11 is 4.19. The summed E-state index contributed by atoms with van der Waals surface area (Å²) in [5.74, 6) is 6.47. The van der Waals surface area contributed by atoms with Gasteiger partial charge >= 0.3 is 18.5 Å². The number of thiophene rings is 1. The van der Waals surface area contributed by atoms with Gasteiger partial charge in [-0.25, -0.2) is 64.8 Å². The van der Waals surface area contributed by atoms with Gasteiger partial charge in [-0.3, -0.25) is 24.2 Å². The first-order chi connectivity index (χ1) is 68.3. The molecule has 5 N–H and O–H groups in total. The standard InChI is InChI=1S/C14H19F3N4O.C13H21N3O.C13H14S.C12H15F3N4O.C12H18N4O.C11H17N3.C11H12N2S.C10H16N4O.C6H7F3N2S/c1-9(2)11-8-18-13(19-12(11)14(15,16)17)21-6-4-20(5-7-21)10(3)22;1-9(2)12-10(3)14-13(15-11(12)4)16-5-7-17-8-6-16;1-10(2)12-8-9-13(14-12)11-6-4-3-5-7-11;1-7(2)8-5-17-11(18-10(8)12(13,14)15)19-4-3-16-9(20)6-19;1-8(2)10-6-14-12(15-9(10)3)16-5-4-13-11(17)7-16;1-8(2)10-7-12-9(3)13-11(10)14-5-4-6-14;1-8(2)10-7-14-11(13-10)9-3-5-12-6-4-9;1-6(2)8-4-12-7(3)14-10(8)13-5-9(11)15;1-3(2)4-10-11-5(12-4)6(7,8)9/h8-9H,4-7H2,1-3H3;9H,5-8H2,1-4H3;3-10H,1-2H3;5,7H,3-4,6H2,1-2H3,(H,16,20);6,8H,4-5,7H2,1-3H3,(H,13,17);7-8H,4-6H2,1-3H3;3-8H,1-2H3;4,6H,5H2,1-3H3,(H2,11,15)(H,12,13,14);3H,1-2H3. The number of morpholine rings is 1. The van der Waals surface area contributed by atoms with E-state index in [9.17, 15) is 58.7 Å². The second-order valence-corrected chi connectivity index (χ2v) is 40.7. The highest BCUT2D eigenvalue weighted by atomic mass is 32.1. The predicted octanol–water partition coefficient (Wildman–Crippen LogP) is 20.2. The van der Waals surface area contributed by atoms with Crippen LogP contribution in [-0.4, -0.2) is 220 Å². The minimum absolute atomic E-state index is 0.00130. The molecule has 0 bridgehead atoms. The number of alkyl halides is 9. The zero-order chi connectivity index (χ0) is 107. The van der Waals surface area contributed by atoms with Crippen molar-refractivity contribution in [3.05, 3.63) is 197 Å². The summed E-state index contributed by atoms with van der Waals surface area (Å²) in [6.45, 7) is 57.5. The zero-order valence-corrected chi connectivity index (χ0v) is 89.8. The lowest BCUT2D eigenvalue weighted by atomic mass is 10.0. The van der Waals surface area contributed by atoms with Crippen LogP contribution in [-0.2, 0) is 42.4 Å². The van der Waals surface area contributed by atoms with Gasteiger partial charge in [-0.15, -0.1) is 32.9 Å². The summed E-state index contributed by atoms with van der Waals surface area (Å²) in [6.07, 6.45) is -0.432. The van der Waals surface area contributed by atoms with E-state index in [0.717, 1.165) is 102 Å². The molecular formula is C102H139F9N26O5S3. The Morgan fingerprint density at radius 3 is 1.36 bits per heavy atom. The molecule has 5 fully saturated rings. The minimum atomic E-state index is -4.53. The number of benzene rings is 1. The number of pyridine rings is 1. The van der Waals surface area contributed by atoms with Crippen LogP contribution in [0.15, 0.2) is 103 Å². The van der Waals surface area contributed by atoms with Crippen molar-refractivity contribution in [3.8, 4) is 21.0 Å². The number of aromatic nitrogens is 16. The molecule has 0 atom stereocenters. The Hall–Kier alpha value is -12.3. The Kier molecular flexibility index (Phi) is 45.0. The number of nitrogens with zero attached hydrogens (tertiary/aromatic N) is 22. The number of hydrogen-bond acceptors (Lipinski definition) is 30. The number of amides is 4. The molecule has 31 nitrogen and oxygen atoms in total. The van der Waals surface area contributed by atoms with E-state index < -0.39 is 40.8 Å². The summed E-state index contributed by atoms with van der Waals surface area (Å²) in [7, 11) is 0. The molecule has 5 aliphatic rings. The lowest BCUT2D eigenvalue weighted by Crippen LogP contribution is -2.48. The van der Waals surface area contributed by atoms with Crippen LogP contribution in [0.4, 0.5) is 74.9 Å². The average Bonchev–Trinajstić information content (AvgIpc) is 1.01. The van der Waals surface area contributed by atoms with Crippen LogP contribution in [0.1, 0.15) is 285 Å². The maximum absolute atomic E-state index is 13.2. The molecule has 10 aromatic heterocycles. The van der Waals surface area contributed by atoms with Crippen molar-refractivity contribution in [2.45, 2.75) is 244 Å². The number of rotatable bonds is 19. The zero-order valence-electron chi connectivity index (χ0n) is 87.3. The van der Waals surface area contributed by atoms with Crippen LogP contribution >= 0.6 is 34.0 Å². The highest BCUT2D eigenvalue weighted by Gasteiger charge is 2.40. The van der Waals surface area contributed by atoms with Gasteiger partial charge in [-0.05, 0) is 129 Å². The van der Waals surface area contributed by atoms with Crippen molar-refractivity contribution in [2.24, 2.45) is 5.73 Å². The van der Waals surface area contributed by atoms with Crippen molar-refractivity contribution in [2.75, 3.05) is 141 Å². The second-order valence-electron chi connectivity index (χ2n) is 37.7. The molecule has 0 radical (unpaired) electrons. The molecule has 5 saturated heterocycles. The van der Waals surface area contributed by atoms with E-state index in [1.807, 2.05) is 68.5 Å². The molecule has 0 unspecified atom stereocenters. The van der Waals surface area contributed by atoms with Crippen LogP contribution in [0.5, 0.6) is 0 Å². The Bertz CT molecular complexity index is 5820. The SMILES string of the molecule is CC(=O)N1CCN(c2ncc(C(C)C)c(C(F)(F)F)n2)CC1.CC(C)c1ccc(-c2ccccc2)s1.CC(C)c1cnc(N2CCNC(=O)C2)nc1C(F)(F)F.CC(C)c1csc(-c2ccncc2)n1.CC(C)c1nnc(C(F)(F)F)s1.Cc1nc(N2CCNC(=O)C2)ncc1C(C)C.Cc1nc(N2CCOCC2)nc(C)c1C(C)C.Cc1ncc(C(C)C)c(N2CCC2)n1.Cc1ncc(C(C)C)c(NCC(N)=O)n1. The summed E-state index contributed by atoms with van der Waals surface area (Å²) in [6, 6.07) is 19.0. The lowest BCUT2D eigenvalue weighted by molar-refractivity contribution is -0.142. The number of nitrogens with two attached hydrogens (primary N) is 1. The molecule has 16 rings (SSSR count). The third kappa shape index (κ3) is 36.4. The molecule has 11 aromatic rings. The fourth-order valence-corrected chi connectivity index (χ4v) is 17.6. The van der Waals surface area contributed by atoms with Gasteiger partial charge in [0, 0.05) is 195 Å². The number of aryl methyl sites for hydroxylation is 5. The highest BCUT2D eigenvalue weighted by molar-refractivity contribution is 7.15. The van der Waals surface area contributed by atoms with Crippen LogP contribution in [0.3, 0.4) is 0 Å². The highest BCUT2D eigenvalue weighted by Crippen LogP contribution is 2.39. The summed E-state index contributed by atoms with van der Waals surface area (Å²) < 4.78 is 120. The first-order valence-corrected chi connectivity index (χ1v) is 51.1. The summed E-state index contributed by atoms with van der Waals surface area (Å²) in [4.78, 5) is 118. The first kappa shape index (κ1) is 118. The smallest absolute Gasteiger partial charge is 0.378 e. The Morgan fingerprint density at radius 1 is 0.455 bits per heavy atom. The van der Waals surface area contributed by atoms with Crippen molar-refractivity contribution in [3.63, 3.8) is 0 Å². The van der Waals surface area contributed by atoms with Crippen LogP contribution in [0, 0.1) is 34.6 Å². The molecule has 0 spiro atoms. The topological polar surface area (TPSA) is 365 Å². The van der Waals surface area contributed by atoms with Gasteiger partial charge in [-0.1, -0.05) is 166 Å². The fourth-order valence-electron chi connectivity index (χ4n) is 14.9.